The molecule has 0 bridgehead atoms. The van der Waals surface area contributed by atoms with Gasteiger partial charge in [-0.05, 0) is 101 Å². The van der Waals surface area contributed by atoms with E-state index in [9.17, 15) is 18.5 Å². The summed E-state index contributed by atoms with van der Waals surface area (Å²) in [5.41, 5.74) is 3.31. The summed E-state index contributed by atoms with van der Waals surface area (Å²) in [7, 11) is -3.82. The number of rotatable bonds is 7. The molecule has 0 radical (unpaired) electrons. The van der Waals surface area contributed by atoms with E-state index in [0.29, 0.717) is 29.7 Å². The van der Waals surface area contributed by atoms with Crippen molar-refractivity contribution < 1.29 is 22.7 Å². The van der Waals surface area contributed by atoms with Crippen LogP contribution in [0.15, 0.2) is 35.2 Å². The molecule has 4 rings (SSSR count). The van der Waals surface area contributed by atoms with Gasteiger partial charge in [-0.3, -0.25) is 4.79 Å². The number of nitrogens with zero attached hydrogens (tertiary/aromatic N) is 2. The zero-order chi connectivity index (χ0) is 28.6. The fourth-order valence-electron chi connectivity index (χ4n) is 6.27. The lowest BCUT2D eigenvalue weighted by atomic mass is 9.66. The molecule has 1 atom stereocenters. The van der Waals surface area contributed by atoms with E-state index in [1.54, 1.807) is 6.92 Å². The molecule has 2 aliphatic rings. The number of piperidine rings is 1. The van der Waals surface area contributed by atoms with Crippen molar-refractivity contribution in [1.29, 1.82) is 5.26 Å². The van der Waals surface area contributed by atoms with Crippen molar-refractivity contribution in [1.82, 2.24) is 4.31 Å². The van der Waals surface area contributed by atoms with Crippen LogP contribution in [-0.2, 0) is 32.4 Å². The summed E-state index contributed by atoms with van der Waals surface area (Å²) < 4.78 is 41.5. The molecule has 0 amide bonds. The van der Waals surface area contributed by atoms with Crippen LogP contribution in [0.4, 0.5) is 0 Å². The Bertz CT molecular complexity index is 1380. The number of hydrogen-bond acceptors (Lipinski definition) is 6. The molecule has 1 fully saturated rings. The molecule has 8 heteroatoms. The van der Waals surface area contributed by atoms with Gasteiger partial charge in [0.1, 0.15) is 17.3 Å². The summed E-state index contributed by atoms with van der Waals surface area (Å²) in [5.74, 6) is -0.698. The highest BCUT2D eigenvalue weighted by Gasteiger charge is 2.48. The Kier molecular flexibility index (Phi) is 8.16. The molecule has 0 aliphatic carbocycles. The molecule has 0 aromatic heterocycles. The summed E-state index contributed by atoms with van der Waals surface area (Å²) >= 11 is 0. The van der Waals surface area contributed by atoms with Crippen molar-refractivity contribution in [3.8, 4) is 11.8 Å². The first-order valence-electron chi connectivity index (χ1n) is 13.8. The fourth-order valence-corrected chi connectivity index (χ4v) is 8.24. The van der Waals surface area contributed by atoms with Gasteiger partial charge < -0.3 is 9.47 Å². The van der Waals surface area contributed by atoms with Crippen molar-refractivity contribution in [2.45, 2.75) is 84.1 Å². The average molecular weight is 553 g/mol. The van der Waals surface area contributed by atoms with Crippen molar-refractivity contribution >= 4 is 16.0 Å². The second kappa shape index (κ2) is 10.9. The standard InChI is InChI=1S/C31H40N2O5S/c1-7-37-29(34)26(20-32)31(19-24-11-9-8-10-12-24)15-17-33(18-16-31)39(35,36)28-22(3)21(2)27-25(23(28)4)13-14-30(5,6)38-27/h8-12,26H,7,13-19H2,1-6H3. The maximum atomic E-state index is 14.2. The summed E-state index contributed by atoms with van der Waals surface area (Å²) in [6.45, 7) is 12.2. The van der Waals surface area contributed by atoms with Gasteiger partial charge >= 0.3 is 5.97 Å². The zero-order valence-corrected chi connectivity index (χ0v) is 24.8. The van der Waals surface area contributed by atoms with E-state index in [1.807, 2.05) is 51.1 Å². The van der Waals surface area contributed by atoms with E-state index in [2.05, 4.69) is 19.9 Å². The third kappa shape index (κ3) is 5.44. The van der Waals surface area contributed by atoms with E-state index >= 15 is 0 Å². The summed E-state index contributed by atoms with van der Waals surface area (Å²) in [5, 5.41) is 10.1. The Balaban J connectivity index is 1.68. The molecule has 0 spiro atoms. The minimum Gasteiger partial charge on any atom is -0.487 e. The monoisotopic (exact) mass is 552 g/mol. The van der Waals surface area contributed by atoms with Gasteiger partial charge in [-0.15, -0.1) is 0 Å². The smallest absolute Gasteiger partial charge is 0.323 e. The van der Waals surface area contributed by atoms with Crippen LogP contribution in [0.5, 0.6) is 5.75 Å². The van der Waals surface area contributed by atoms with Gasteiger partial charge in [0, 0.05) is 18.5 Å². The lowest BCUT2D eigenvalue weighted by Crippen LogP contribution is -2.49. The molecular weight excluding hydrogens is 512 g/mol. The molecule has 1 unspecified atom stereocenters. The first-order chi connectivity index (χ1) is 18.4. The van der Waals surface area contributed by atoms with Gasteiger partial charge in [-0.25, -0.2) is 8.42 Å². The molecule has 0 saturated carbocycles. The molecule has 1 saturated heterocycles. The number of fused-ring (bicyclic) bond motifs is 1. The minimum atomic E-state index is -3.82. The molecule has 2 aromatic carbocycles. The Hall–Kier alpha value is -2.89. The largest absolute Gasteiger partial charge is 0.487 e. The summed E-state index contributed by atoms with van der Waals surface area (Å²) in [4.78, 5) is 13.3. The number of esters is 1. The number of sulfonamides is 1. The van der Waals surface area contributed by atoms with E-state index in [-0.39, 0.29) is 25.3 Å². The van der Waals surface area contributed by atoms with Crippen LogP contribution in [0.25, 0.3) is 0 Å². The molecular formula is C31H40N2O5S. The van der Waals surface area contributed by atoms with Gasteiger partial charge in [0.15, 0.2) is 0 Å². The van der Waals surface area contributed by atoms with E-state index in [1.165, 1.54) is 4.31 Å². The zero-order valence-electron chi connectivity index (χ0n) is 24.0. The molecule has 210 valence electrons. The lowest BCUT2D eigenvalue weighted by Gasteiger charge is -2.43. The molecule has 2 heterocycles. The van der Waals surface area contributed by atoms with Crippen LogP contribution in [0.3, 0.4) is 0 Å². The maximum absolute atomic E-state index is 14.2. The minimum absolute atomic E-state index is 0.191. The van der Waals surface area contributed by atoms with E-state index < -0.39 is 27.3 Å². The van der Waals surface area contributed by atoms with E-state index in [4.69, 9.17) is 9.47 Å². The van der Waals surface area contributed by atoms with Gasteiger partial charge in [-0.1, -0.05) is 30.3 Å². The van der Waals surface area contributed by atoms with Gasteiger partial charge in [-0.2, -0.15) is 9.57 Å². The second-order valence-corrected chi connectivity index (χ2v) is 13.5. The van der Waals surface area contributed by atoms with Crippen molar-refractivity contribution in [3.05, 3.63) is 58.1 Å². The highest BCUT2D eigenvalue weighted by molar-refractivity contribution is 7.89. The molecule has 7 nitrogen and oxygen atoms in total. The predicted molar refractivity (Wildman–Crippen MR) is 150 cm³/mol. The number of benzene rings is 2. The maximum Gasteiger partial charge on any atom is 0.323 e. The summed E-state index contributed by atoms with van der Waals surface area (Å²) in [6, 6.07) is 12.0. The summed E-state index contributed by atoms with van der Waals surface area (Å²) in [6.07, 6.45) is 2.86. The van der Waals surface area contributed by atoms with Crippen LogP contribution in [0.2, 0.25) is 0 Å². The first-order valence-corrected chi connectivity index (χ1v) is 15.2. The molecule has 2 aromatic rings. The molecule has 2 aliphatic heterocycles. The number of nitriles is 1. The van der Waals surface area contributed by atoms with Crippen LogP contribution >= 0.6 is 0 Å². The number of carbonyl (C=O) groups excluding carboxylic acids is 1. The topological polar surface area (TPSA) is 96.7 Å². The van der Waals surface area contributed by atoms with Crippen LogP contribution in [0.1, 0.15) is 67.9 Å². The third-order valence-electron chi connectivity index (χ3n) is 8.65. The first kappa shape index (κ1) is 29.1. The normalized spacial score (nSPS) is 19.3. The quantitative estimate of drug-likeness (QED) is 0.425. The van der Waals surface area contributed by atoms with Crippen LogP contribution < -0.4 is 4.74 Å². The third-order valence-corrected chi connectivity index (χ3v) is 10.8. The van der Waals surface area contributed by atoms with Crippen LogP contribution in [0, 0.1) is 43.4 Å². The van der Waals surface area contributed by atoms with Crippen molar-refractivity contribution in [2.24, 2.45) is 11.3 Å². The Morgan fingerprint density at radius 2 is 1.72 bits per heavy atom. The number of hydrogen-bond donors (Lipinski definition) is 0. The molecule has 39 heavy (non-hydrogen) atoms. The SMILES string of the molecule is CCOC(=O)C(C#N)C1(Cc2ccccc2)CCN(S(=O)(=O)c2c(C)c(C)c3c(c2C)CCC(C)(C)O3)CC1. The lowest BCUT2D eigenvalue weighted by molar-refractivity contribution is -0.151. The van der Waals surface area contributed by atoms with Gasteiger partial charge in [0.25, 0.3) is 0 Å². The highest BCUT2D eigenvalue weighted by atomic mass is 32.2. The average Bonchev–Trinajstić information content (AvgIpc) is 2.88. The van der Waals surface area contributed by atoms with Crippen molar-refractivity contribution in [3.63, 3.8) is 0 Å². The number of ether oxygens (including phenoxy) is 2. The predicted octanol–water partition coefficient (Wildman–Crippen LogP) is 5.43. The van der Waals surface area contributed by atoms with Crippen molar-refractivity contribution in [2.75, 3.05) is 19.7 Å². The van der Waals surface area contributed by atoms with E-state index in [0.717, 1.165) is 40.8 Å². The van der Waals surface area contributed by atoms with Crippen LogP contribution in [-0.4, -0.2) is 44.0 Å². The highest BCUT2D eigenvalue weighted by Crippen LogP contribution is 2.46. The Labute approximate surface area is 233 Å². The number of carbonyl (C=O) groups is 1. The molecule has 0 N–H and O–H groups in total. The Morgan fingerprint density at radius 1 is 1.08 bits per heavy atom. The Morgan fingerprint density at radius 3 is 2.31 bits per heavy atom. The van der Waals surface area contributed by atoms with Gasteiger partial charge in [0.2, 0.25) is 10.0 Å². The fraction of sp³-hybridized carbons (Fsp3) is 0.548. The second-order valence-electron chi connectivity index (χ2n) is 11.6. The van der Waals surface area contributed by atoms with Gasteiger partial charge in [0.05, 0.1) is 17.6 Å².